The van der Waals surface area contributed by atoms with Crippen LogP contribution in [-0.4, -0.2) is 45.5 Å². The maximum Gasteiger partial charge on any atom is 0.244 e. The third-order valence-corrected chi connectivity index (χ3v) is 6.19. The van der Waals surface area contributed by atoms with Crippen molar-refractivity contribution in [3.63, 3.8) is 0 Å². The van der Waals surface area contributed by atoms with Crippen LogP contribution in [0.15, 0.2) is 17.0 Å². The predicted molar refractivity (Wildman–Crippen MR) is 97.5 cm³/mol. The number of hydrogen-bond acceptors (Lipinski definition) is 4. The zero-order valence-corrected chi connectivity index (χ0v) is 16.4. The fourth-order valence-electron chi connectivity index (χ4n) is 2.94. The van der Waals surface area contributed by atoms with Crippen LogP contribution in [0.25, 0.3) is 0 Å². The number of carbonyl (C=O) groups is 1. The summed E-state index contributed by atoms with van der Waals surface area (Å²) in [4.78, 5) is 13.3. The van der Waals surface area contributed by atoms with E-state index in [0.717, 1.165) is 24.9 Å². The Bertz CT molecular complexity index is 736. The lowest BCUT2D eigenvalue weighted by atomic mass is 9.98. The van der Waals surface area contributed by atoms with Crippen LogP contribution in [0.4, 0.5) is 0 Å². The summed E-state index contributed by atoms with van der Waals surface area (Å²) in [6.07, 6.45) is 1.77. The molecule has 1 aromatic rings. The van der Waals surface area contributed by atoms with E-state index in [0.29, 0.717) is 23.9 Å². The van der Waals surface area contributed by atoms with Crippen molar-refractivity contribution in [1.82, 2.24) is 9.62 Å². The van der Waals surface area contributed by atoms with Gasteiger partial charge in [0, 0.05) is 31.6 Å². The predicted octanol–water partition coefficient (Wildman–Crippen LogP) is 2.58. The van der Waals surface area contributed by atoms with Gasteiger partial charge < -0.3 is 9.64 Å². The van der Waals surface area contributed by atoms with E-state index in [1.54, 1.807) is 24.8 Å². The molecule has 1 unspecified atom stereocenters. The molecule has 0 bridgehead atoms. The number of hydrogen-bond donors (Lipinski definition) is 1. The van der Waals surface area contributed by atoms with Gasteiger partial charge in [-0.1, -0.05) is 11.6 Å². The van der Waals surface area contributed by atoms with Crippen molar-refractivity contribution < 1.29 is 17.9 Å². The van der Waals surface area contributed by atoms with E-state index in [2.05, 4.69) is 4.72 Å². The standard InChI is InChI=1S/C17H25ClN2O4S/c1-4-24-16-8-12(2)15(18)9-17(16)25(22,23)19-10-14-6-5-7-20(11-14)13(3)21/h8-9,14,19H,4-7,10-11H2,1-3H3. The maximum absolute atomic E-state index is 12.7. The first-order chi connectivity index (χ1) is 11.7. The number of aryl methyl sites for hydroxylation is 1. The zero-order valence-electron chi connectivity index (χ0n) is 14.8. The van der Waals surface area contributed by atoms with Crippen LogP contribution in [0.2, 0.25) is 5.02 Å². The number of ether oxygens (including phenoxy) is 1. The van der Waals surface area contributed by atoms with Crippen molar-refractivity contribution in [3.8, 4) is 5.75 Å². The molecule has 1 aliphatic heterocycles. The minimum atomic E-state index is -3.75. The fourth-order valence-corrected chi connectivity index (χ4v) is 4.43. The van der Waals surface area contributed by atoms with Crippen molar-refractivity contribution >= 4 is 27.5 Å². The molecule has 1 atom stereocenters. The number of nitrogens with zero attached hydrogens (tertiary/aromatic N) is 1. The van der Waals surface area contributed by atoms with E-state index in [1.807, 2.05) is 0 Å². The van der Waals surface area contributed by atoms with Crippen LogP contribution in [-0.2, 0) is 14.8 Å². The number of benzene rings is 1. The van der Waals surface area contributed by atoms with Crippen molar-refractivity contribution in [2.24, 2.45) is 5.92 Å². The summed E-state index contributed by atoms with van der Waals surface area (Å²) in [6.45, 7) is 7.09. The van der Waals surface area contributed by atoms with E-state index in [-0.39, 0.29) is 23.3 Å². The molecule has 8 heteroatoms. The van der Waals surface area contributed by atoms with Crippen LogP contribution in [0.1, 0.15) is 32.3 Å². The van der Waals surface area contributed by atoms with Gasteiger partial charge in [0.1, 0.15) is 10.6 Å². The maximum atomic E-state index is 12.7. The number of sulfonamides is 1. The number of carbonyl (C=O) groups excluding carboxylic acids is 1. The molecule has 0 aromatic heterocycles. The minimum Gasteiger partial charge on any atom is -0.492 e. The molecule has 1 N–H and O–H groups in total. The molecule has 1 aliphatic rings. The van der Waals surface area contributed by atoms with Gasteiger partial charge in [-0.3, -0.25) is 4.79 Å². The average molecular weight is 389 g/mol. The summed E-state index contributed by atoms with van der Waals surface area (Å²) in [6, 6.07) is 3.06. The summed E-state index contributed by atoms with van der Waals surface area (Å²) in [7, 11) is -3.75. The van der Waals surface area contributed by atoms with Gasteiger partial charge in [-0.2, -0.15) is 0 Å². The lowest BCUT2D eigenvalue weighted by Crippen LogP contribution is -2.42. The van der Waals surface area contributed by atoms with Gasteiger partial charge in [0.2, 0.25) is 15.9 Å². The first kappa shape index (κ1) is 20.0. The number of nitrogens with one attached hydrogen (secondary N) is 1. The molecule has 1 saturated heterocycles. The number of piperidine rings is 1. The van der Waals surface area contributed by atoms with Gasteiger partial charge in [-0.05, 0) is 50.3 Å². The monoisotopic (exact) mass is 388 g/mol. The Morgan fingerprint density at radius 1 is 1.44 bits per heavy atom. The Labute approximate surface area is 154 Å². The Morgan fingerprint density at radius 3 is 2.80 bits per heavy atom. The van der Waals surface area contributed by atoms with E-state index in [4.69, 9.17) is 16.3 Å². The van der Waals surface area contributed by atoms with E-state index in [9.17, 15) is 13.2 Å². The lowest BCUT2D eigenvalue weighted by Gasteiger charge is -2.32. The topological polar surface area (TPSA) is 75.7 Å². The van der Waals surface area contributed by atoms with Crippen LogP contribution in [0.3, 0.4) is 0 Å². The number of rotatable bonds is 6. The molecular formula is C17H25ClN2O4S. The van der Waals surface area contributed by atoms with Crippen LogP contribution in [0, 0.1) is 12.8 Å². The third-order valence-electron chi connectivity index (χ3n) is 4.34. The number of likely N-dealkylation sites (tertiary alicyclic amines) is 1. The highest BCUT2D eigenvalue weighted by Gasteiger charge is 2.26. The van der Waals surface area contributed by atoms with Gasteiger partial charge in [0.25, 0.3) is 0 Å². The smallest absolute Gasteiger partial charge is 0.244 e. The molecule has 1 aromatic carbocycles. The first-order valence-corrected chi connectivity index (χ1v) is 10.3. The first-order valence-electron chi connectivity index (χ1n) is 8.42. The highest BCUT2D eigenvalue weighted by Crippen LogP contribution is 2.30. The van der Waals surface area contributed by atoms with Gasteiger partial charge in [0.05, 0.1) is 6.61 Å². The van der Waals surface area contributed by atoms with Crippen molar-refractivity contribution in [3.05, 3.63) is 22.7 Å². The fraction of sp³-hybridized carbons (Fsp3) is 0.588. The molecule has 1 fully saturated rings. The van der Waals surface area contributed by atoms with Gasteiger partial charge in [0.15, 0.2) is 0 Å². The second kappa shape index (κ2) is 8.38. The molecule has 0 radical (unpaired) electrons. The highest BCUT2D eigenvalue weighted by atomic mass is 35.5. The normalized spacial score (nSPS) is 18.2. The Hall–Kier alpha value is -1.31. The summed E-state index contributed by atoms with van der Waals surface area (Å²) < 4.78 is 33.6. The van der Waals surface area contributed by atoms with E-state index < -0.39 is 10.0 Å². The molecule has 25 heavy (non-hydrogen) atoms. The average Bonchev–Trinajstić information content (AvgIpc) is 2.56. The van der Waals surface area contributed by atoms with Gasteiger partial charge in [-0.15, -0.1) is 0 Å². The number of halogens is 1. The van der Waals surface area contributed by atoms with Crippen molar-refractivity contribution in [2.45, 2.75) is 38.5 Å². The molecule has 0 aliphatic carbocycles. The summed E-state index contributed by atoms with van der Waals surface area (Å²) in [5.74, 6) is 0.423. The quantitative estimate of drug-likeness (QED) is 0.812. The molecule has 6 nitrogen and oxygen atoms in total. The van der Waals surface area contributed by atoms with Crippen LogP contribution >= 0.6 is 11.6 Å². The number of amides is 1. The molecule has 2 rings (SSSR count). The Morgan fingerprint density at radius 2 is 2.16 bits per heavy atom. The van der Waals surface area contributed by atoms with E-state index in [1.165, 1.54) is 13.0 Å². The second-order valence-electron chi connectivity index (χ2n) is 6.31. The third kappa shape index (κ3) is 5.09. The zero-order chi connectivity index (χ0) is 18.6. The molecule has 1 heterocycles. The molecule has 0 spiro atoms. The Kier molecular flexibility index (Phi) is 6.71. The molecular weight excluding hydrogens is 364 g/mol. The SMILES string of the molecule is CCOc1cc(C)c(Cl)cc1S(=O)(=O)NCC1CCCN(C(C)=O)C1. The van der Waals surface area contributed by atoms with Gasteiger partial charge >= 0.3 is 0 Å². The molecule has 0 saturated carbocycles. The summed E-state index contributed by atoms with van der Waals surface area (Å²) in [5, 5.41) is 0.379. The van der Waals surface area contributed by atoms with Gasteiger partial charge in [-0.25, -0.2) is 13.1 Å². The minimum absolute atomic E-state index is 0.0245. The highest BCUT2D eigenvalue weighted by molar-refractivity contribution is 7.89. The second-order valence-corrected chi connectivity index (χ2v) is 8.45. The summed E-state index contributed by atoms with van der Waals surface area (Å²) in [5.41, 5.74) is 0.758. The molecule has 140 valence electrons. The van der Waals surface area contributed by atoms with Crippen molar-refractivity contribution in [1.29, 1.82) is 0 Å². The Balaban J connectivity index is 2.14. The van der Waals surface area contributed by atoms with E-state index >= 15 is 0 Å². The summed E-state index contributed by atoms with van der Waals surface area (Å²) >= 11 is 6.10. The van der Waals surface area contributed by atoms with Crippen LogP contribution in [0.5, 0.6) is 5.75 Å². The van der Waals surface area contributed by atoms with Crippen molar-refractivity contribution in [2.75, 3.05) is 26.2 Å². The lowest BCUT2D eigenvalue weighted by molar-refractivity contribution is -0.130. The molecule has 1 amide bonds. The largest absolute Gasteiger partial charge is 0.492 e. The van der Waals surface area contributed by atoms with Crippen LogP contribution < -0.4 is 9.46 Å².